The van der Waals surface area contributed by atoms with E-state index < -0.39 is 52.3 Å². The average molecular weight is 418 g/mol. The molecular formula is C17H23FN2O7S. The summed E-state index contributed by atoms with van der Waals surface area (Å²) in [6.45, 7) is 2.39. The van der Waals surface area contributed by atoms with Gasteiger partial charge in [-0.15, -0.1) is 0 Å². The van der Waals surface area contributed by atoms with Crippen LogP contribution in [0.15, 0.2) is 23.1 Å². The third-order valence-electron chi connectivity index (χ3n) is 3.89. The summed E-state index contributed by atoms with van der Waals surface area (Å²) in [6.07, 6.45) is 0. The Hall–Kier alpha value is -2.53. The van der Waals surface area contributed by atoms with Gasteiger partial charge in [0.25, 0.3) is 5.91 Å². The number of ether oxygens (including phenoxy) is 2. The van der Waals surface area contributed by atoms with Gasteiger partial charge in [-0.3, -0.25) is 14.4 Å². The first-order chi connectivity index (χ1) is 13.1. The quantitative estimate of drug-likeness (QED) is 0.541. The summed E-state index contributed by atoms with van der Waals surface area (Å²) in [5.74, 6) is -3.73. The molecule has 11 heteroatoms. The largest absolute Gasteiger partial charge is 0.468 e. The SMILES string of the molecule is CCN(CC)S(=O)(=O)c1ccc(F)c(C(=O)N(CC(=O)OC)CC(=O)OC)c1. The molecule has 0 fully saturated rings. The number of methoxy groups -OCH3 is 2. The fourth-order valence-electron chi connectivity index (χ4n) is 2.35. The number of sulfonamides is 1. The second kappa shape index (κ2) is 10.1. The van der Waals surface area contributed by atoms with Gasteiger partial charge in [-0.2, -0.15) is 4.31 Å². The number of hydrogen-bond acceptors (Lipinski definition) is 7. The zero-order valence-electron chi connectivity index (χ0n) is 16.1. The molecule has 0 aliphatic rings. The molecule has 0 atom stereocenters. The van der Waals surface area contributed by atoms with Crippen LogP contribution in [0.2, 0.25) is 0 Å². The van der Waals surface area contributed by atoms with Crippen molar-refractivity contribution in [3.05, 3.63) is 29.6 Å². The number of benzene rings is 1. The van der Waals surface area contributed by atoms with Crippen LogP contribution in [0.25, 0.3) is 0 Å². The molecule has 0 bridgehead atoms. The van der Waals surface area contributed by atoms with E-state index in [1.165, 1.54) is 0 Å². The second-order valence-electron chi connectivity index (χ2n) is 5.54. The molecule has 0 unspecified atom stereocenters. The lowest BCUT2D eigenvalue weighted by molar-refractivity contribution is -0.144. The number of carbonyl (C=O) groups excluding carboxylic acids is 3. The molecule has 0 aliphatic carbocycles. The van der Waals surface area contributed by atoms with Crippen LogP contribution < -0.4 is 0 Å². The van der Waals surface area contributed by atoms with Crippen LogP contribution in [0.5, 0.6) is 0 Å². The molecule has 1 amide bonds. The fraction of sp³-hybridized carbons (Fsp3) is 0.471. The van der Waals surface area contributed by atoms with Crippen LogP contribution in [0.1, 0.15) is 24.2 Å². The van der Waals surface area contributed by atoms with Crippen molar-refractivity contribution in [1.29, 1.82) is 0 Å². The van der Waals surface area contributed by atoms with Crippen molar-refractivity contribution in [3.8, 4) is 0 Å². The van der Waals surface area contributed by atoms with Crippen molar-refractivity contribution in [2.45, 2.75) is 18.7 Å². The summed E-state index contributed by atoms with van der Waals surface area (Å²) in [5.41, 5.74) is -0.596. The van der Waals surface area contributed by atoms with Crippen molar-refractivity contribution in [2.24, 2.45) is 0 Å². The highest BCUT2D eigenvalue weighted by Crippen LogP contribution is 2.20. The number of halogens is 1. The highest BCUT2D eigenvalue weighted by molar-refractivity contribution is 7.89. The fourth-order valence-corrected chi connectivity index (χ4v) is 3.84. The van der Waals surface area contributed by atoms with Crippen LogP contribution in [0.3, 0.4) is 0 Å². The van der Waals surface area contributed by atoms with Gasteiger partial charge in [-0.25, -0.2) is 12.8 Å². The molecule has 0 aliphatic heterocycles. The van der Waals surface area contributed by atoms with Crippen LogP contribution >= 0.6 is 0 Å². The molecule has 0 radical (unpaired) electrons. The molecule has 28 heavy (non-hydrogen) atoms. The minimum absolute atomic E-state index is 0.191. The molecule has 0 spiro atoms. The highest BCUT2D eigenvalue weighted by atomic mass is 32.2. The van der Waals surface area contributed by atoms with Gasteiger partial charge in [0.05, 0.1) is 24.7 Å². The van der Waals surface area contributed by atoms with E-state index in [1.807, 2.05) is 0 Å². The molecule has 0 saturated carbocycles. The molecule has 1 rings (SSSR count). The van der Waals surface area contributed by atoms with Gasteiger partial charge in [0.15, 0.2) is 0 Å². The van der Waals surface area contributed by atoms with E-state index in [0.717, 1.165) is 36.7 Å². The molecule has 0 aromatic heterocycles. The Labute approximate surface area is 163 Å². The van der Waals surface area contributed by atoms with Gasteiger partial charge >= 0.3 is 11.9 Å². The zero-order chi connectivity index (χ0) is 21.5. The Kier molecular flexibility index (Phi) is 8.51. The second-order valence-corrected chi connectivity index (χ2v) is 7.48. The number of rotatable bonds is 9. The van der Waals surface area contributed by atoms with Gasteiger partial charge in [0, 0.05) is 13.1 Å². The van der Waals surface area contributed by atoms with E-state index in [0.29, 0.717) is 4.90 Å². The Morgan fingerprint density at radius 2 is 1.50 bits per heavy atom. The van der Waals surface area contributed by atoms with Crippen LogP contribution in [-0.4, -0.2) is 75.9 Å². The van der Waals surface area contributed by atoms with Gasteiger partial charge < -0.3 is 14.4 Å². The third-order valence-corrected chi connectivity index (χ3v) is 5.94. The van der Waals surface area contributed by atoms with E-state index in [-0.39, 0.29) is 18.0 Å². The molecule has 156 valence electrons. The van der Waals surface area contributed by atoms with Crippen molar-refractivity contribution >= 4 is 27.9 Å². The Balaban J connectivity index is 3.37. The molecule has 1 aromatic carbocycles. The summed E-state index contributed by atoms with van der Waals surface area (Å²) in [4.78, 5) is 36.2. The van der Waals surface area contributed by atoms with Gasteiger partial charge in [-0.1, -0.05) is 13.8 Å². The third kappa shape index (κ3) is 5.49. The Morgan fingerprint density at radius 3 is 1.93 bits per heavy atom. The molecular weight excluding hydrogens is 395 g/mol. The predicted octanol–water partition coefficient (Wildman–Crippen LogP) is 0.644. The van der Waals surface area contributed by atoms with Crippen LogP contribution in [-0.2, 0) is 29.1 Å². The number of esters is 2. The topological polar surface area (TPSA) is 110 Å². The van der Waals surface area contributed by atoms with Crippen molar-refractivity contribution in [2.75, 3.05) is 40.4 Å². The molecule has 1 aromatic rings. The lowest BCUT2D eigenvalue weighted by atomic mass is 10.2. The summed E-state index contributed by atoms with van der Waals surface area (Å²) in [7, 11) is -1.77. The molecule has 0 saturated heterocycles. The number of amides is 1. The standard InChI is InChI=1S/C17H23FN2O7S/c1-5-20(6-2)28(24,25)12-7-8-14(18)13(9-12)17(23)19(10-15(21)26-3)11-16(22)27-4/h7-9H,5-6,10-11H2,1-4H3. The lowest BCUT2D eigenvalue weighted by Crippen LogP contribution is -2.40. The van der Waals surface area contributed by atoms with Gasteiger partial charge in [0.1, 0.15) is 18.9 Å². The minimum Gasteiger partial charge on any atom is -0.468 e. The number of hydrogen-bond donors (Lipinski definition) is 0. The maximum Gasteiger partial charge on any atom is 0.325 e. The normalized spacial score (nSPS) is 11.2. The maximum atomic E-state index is 14.3. The Morgan fingerprint density at radius 1 is 1.00 bits per heavy atom. The lowest BCUT2D eigenvalue weighted by Gasteiger charge is -2.22. The first-order valence-corrected chi connectivity index (χ1v) is 9.78. The first-order valence-electron chi connectivity index (χ1n) is 8.34. The minimum atomic E-state index is -3.94. The molecule has 0 heterocycles. The average Bonchev–Trinajstić information content (AvgIpc) is 2.67. The van der Waals surface area contributed by atoms with Crippen LogP contribution in [0, 0.1) is 5.82 Å². The van der Waals surface area contributed by atoms with E-state index in [1.54, 1.807) is 13.8 Å². The molecule has 9 nitrogen and oxygen atoms in total. The van der Waals surface area contributed by atoms with Crippen LogP contribution in [0.4, 0.5) is 4.39 Å². The summed E-state index contributed by atoms with van der Waals surface area (Å²) in [6, 6.07) is 2.77. The van der Waals surface area contributed by atoms with Crippen molar-refractivity contribution in [1.82, 2.24) is 9.21 Å². The number of nitrogens with zero attached hydrogens (tertiary/aromatic N) is 2. The summed E-state index contributed by atoms with van der Waals surface area (Å²) >= 11 is 0. The van der Waals surface area contributed by atoms with Crippen molar-refractivity contribution < 1.29 is 36.7 Å². The van der Waals surface area contributed by atoms with E-state index in [2.05, 4.69) is 9.47 Å². The maximum absolute atomic E-state index is 14.3. The predicted molar refractivity (Wildman–Crippen MR) is 96.4 cm³/mol. The monoisotopic (exact) mass is 418 g/mol. The summed E-state index contributed by atoms with van der Waals surface area (Å²) in [5, 5.41) is 0. The van der Waals surface area contributed by atoms with Gasteiger partial charge in [0.2, 0.25) is 10.0 Å². The first kappa shape index (κ1) is 23.5. The smallest absolute Gasteiger partial charge is 0.325 e. The number of carbonyl (C=O) groups is 3. The van der Waals surface area contributed by atoms with E-state index >= 15 is 0 Å². The van der Waals surface area contributed by atoms with E-state index in [4.69, 9.17) is 0 Å². The summed E-state index contributed by atoms with van der Waals surface area (Å²) < 4.78 is 49.6. The Bertz CT molecular complexity index is 820. The molecule has 0 N–H and O–H groups in total. The van der Waals surface area contributed by atoms with Crippen molar-refractivity contribution in [3.63, 3.8) is 0 Å². The highest BCUT2D eigenvalue weighted by Gasteiger charge is 2.28. The zero-order valence-corrected chi connectivity index (χ0v) is 16.9. The van der Waals surface area contributed by atoms with E-state index in [9.17, 15) is 27.2 Å². The van der Waals surface area contributed by atoms with Gasteiger partial charge in [-0.05, 0) is 18.2 Å².